The van der Waals surface area contributed by atoms with E-state index in [9.17, 15) is 0 Å². The van der Waals surface area contributed by atoms with Crippen molar-refractivity contribution in [2.24, 2.45) is 0 Å². The van der Waals surface area contributed by atoms with E-state index in [2.05, 4.69) is 73.3 Å². The summed E-state index contributed by atoms with van der Waals surface area (Å²) in [6, 6.07) is 16.6. The van der Waals surface area contributed by atoms with Gasteiger partial charge in [-0.1, -0.05) is 30.3 Å². The highest BCUT2D eigenvalue weighted by atomic mass is 32.1. The predicted molar refractivity (Wildman–Crippen MR) is 130 cm³/mol. The van der Waals surface area contributed by atoms with E-state index >= 15 is 0 Å². The predicted octanol–water partition coefficient (Wildman–Crippen LogP) is 5.78. The number of benzene rings is 2. The van der Waals surface area contributed by atoms with Crippen LogP contribution in [0.3, 0.4) is 0 Å². The minimum Gasteiger partial charge on any atom is -0.361 e. The van der Waals surface area contributed by atoms with Crippen LogP contribution in [0.1, 0.15) is 25.7 Å². The average Bonchev–Trinajstić information content (AvgIpc) is 3.51. The van der Waals surface area contributed by atoms with Gasteiger partial charge in [-0.25, -0.2) is 19.9 Å². The average molecular weight is 440 g/mol. The molecule has 0 aliphatic heterocycles. The molecule has 0 radical (unpaired) electrons. The van der Waals surface area contributed by atoms with Gasteiger partial charge in [-0.15, -0.1) is 11.3 Å². The number of aromatic amines is 1. The maximum atomic E-state index is 5.03. The van der Waals surface area contributed by atoms with E-state index < -0.39 is 0 Å². The highest BCUT2D eigenvalue weighted by Gasteiger charge is 2.21. The van der Waals surface area contributed by atoms with Crippen molar-refractivity contribution in [1.82, 2.24) is 29.5 Å². The van der Waals surface area contributed by atoms with Crippen LogP contribution in [0.5, 0.6) is 0 Å². The van der Waals surface area contributed by atoms with Crippen molar-refractivity contribution in [3.8, 4) is 11.4 Å². The molecule has 6 aromatic rings. The quantitative estimate of drug-likeness (QED) is 0.356. The maximum Gasteiger partial charge on any atom is 0.166 e. The number of hydrogen-bond acceptors (Lipinski definition) is 6. The Bertz CT molecular complexity index is 1540. The minimum absolute atomic E-state index is 0.201. The second kappa shape index (κ2) is 7.42. The Balaban J connectivity index is 1.44. The van der Waals surface area contributed by atoms with Crippen molar-refractivity contribution in [1.29, 1.82) is 0 Å². The number of hydrogen-bond donors (Lipinski definition) is 2. The first kappa shape index (κ1) is 18.9. The molecule has 2 aromatic carbocycles. The highest BCUT2D eigenvalue weighted by Crippen LogP contribution is 2.37. The zero-order valence-electron chi connectivity index (χ0n) is 17.7. The van der Waals surface area contributed by atoms with Crippen LogP contribution in [0.4, 0.5) is 5.82 Å². The number of nitrogens with zero attached hydrogens (tertiary/aromatic N) is 5. The van der Waals surface area contributed by atoms with E-state index in [1.54, 1.807) is 17.7 Å². The van der Waals surface area contributed by atoms with Gasteiger partial charge in [0.1, 0.15) is 18.0 Å². The number of fused-ring (bicyclic) bond motifs is 3. The summed E-state index contributed by atoms with van der Waals surface area (Å²) in [4.78, 5) is 22.1. The number of anilines is 1. The fourth-order valence-electron chi connectivity index (χ4n) is 4.13. The Morgan fingerprint density at radius 3 is 2.75 bits per heavy atom. The molecule has 4 aromatic heterocycles. The van der Waals surface area contributed by atoms with Gasteiger partial charge in [0.25, 0.3) is 0 Å². The van der Waals surface area contributed by atoms with Gasteiger partial charge in [0.05, 0.1) is 17.6 Å². The molecule has 4 heterocycles. The first-order chi connectivity index (χ1) is 15.7. The lowest BCUT2D eigenvalue weighted by atomic mass is 10.1. The molecule has 0 fully saturated rings. The summed E-state index contributed by atoms with van der Waals surface area (Å²) in [7, 11) is 0. The molecule has 0 aliphatic rings. The number of nitrogens with one attached hydrogen (secondary N) is 2. The Hall–Kier alpha value is -3.78. The molecule has 0 saturated heterocycles. The molecule has 158 valence electrons. The van der Waals surface area contributed by atoms with E-state index in [0.29, 0.717) is 12.4 Å². The van der Waals surface area contributed by atoms with Crippen molar-refractivity contribution in [3.63, 3.8) is 0 Å². The number of para-hydroxylation sites is 2. The van der Waals surface area contributed by atoms with Gasteiger partial charge in [0.15, 0.2) is 17.0 Å². The number of thiophene rings is 1. The number of imidazole rings is 2. The fraction of sp³-hybridized carbons (Fsp3) is 0.167. The molecular weight excluding hydrogens is 418 g/mol. The van der Waals surface area contributed by atoms with Gasteiger partial charge >= 0.3 is 0 Å². The fourth-order valence-corrected chi connectivity index (χ4v) is 5.06. The van der Waals surface area contributed by atoms with Crippen LogP contribution in [-0.2, 0) is 6.54 Å². The minimum atomic E-state index is 0.201. The van der Waals surface area contributed by atoms with Gasteiger partial charge in [-0.3, -0.25) is 0 Å². The molecule has 0 amide bonds. The SMILES string of the molecule is CC(C)n1c(-c2csc3ccccc23)nc2c(NCc3nc4ccccc4[nH]3)ncnc21. The summed E-state index contributed by atoms with van der Waals surface area (Å²) in [5.41, 5.74) is 4.69. The molecule has 7 nitrogen and oxygen atoms in total. The van der Waals surface area contributed by atoms with E-state index in [1.807, 2.05) is 24.3 Å². The van der Waals surface area contributed by atoms with Gasteiger partial charge in [0, 0.05) is 27.1 Å². The van der Waals surface area contributed by atoms with E-state index in [0.717, 1.165) is 39.4 Å². The highest BCUT2D eigenvalue weighted by molar-refractivity contribution is 7.17. The van der Waals surface area contributed by atoms with Gasteiger partial charge < -0.3 is 14.9 Å². The van der Waals surface area contributed by atoms with Crippen molar-refractivity contribution in [2.75, 3.05) is 5.32 Å². The monoisotopic (exact) mass is 439 g/mol. The number of H-pyrrole nitrogens is 1. The second-order valence-electron chi connectivity index (χ2n) is 7.99. The van der Waals surface area contributed by atoms with Crippen molar-refractivity contribution in [3.05, 3.63) is 66.1 Å². The summed E-state index contributed by atoms with van der Waals surface area (Å²) >= 11 is 1.74. The third kappa shape index (κ3) is 3.03. The zero-order chi connectivity index (χ0) is 21.7. The summed E-state index contributed by atoms with van der Waals surface area (Å²) in [6.07, 6.45) is 1.60. The Morgan fingerprint density at radius 2 is 1.88 bits per heavy atom. The summed E-state index contributed by atoms with van der Waals surface area (Å²) < 4.78 is 3.44. The number of aromatic nitrogens is 6. The molecule has 8 heteroatoms. The topological polar surface area (TPSA) is 84.3 Å². The van der Waals surface area contributed by atoms with Crippen LogP contribution in [0.15, 0.2) is 60.2 Å². The molecule has 0 aliphatic carbocycles. The molecular formula is C24H21N7S. The van der Waals surface area contributed by atoms with Crippen molar-refractivity contribution >= 4 is 49.4 Å². The van der Waals surface area contributed by atoms with Crippen LogP contribution in [-0.4, -0.2) is 29.5 Å². The largest absolute Gasteiger partial charge is 0.361 e. The molecule has 0 saturated carbocycles. The van der Waals surface area contributed by atoms with Crippen molar-refractivity contribution < 1.29 is 0 Å². The van der Waals surface area contributed by atoms with E-state index in [1.165, 1.54) is 10.1 Å². The lowest BCUT2D eigenvalue weighted by Gasteiger charge is -2.12. The Kier molecular flexibility index (Phi) is 4.39. The lowest BCUT2D eigenvalue weighted by molar-refractivity contribution is 0.620. The molecule has 0 atom stereocenters. The normalized spacial score (nSPS) is 11.8. The van der Waals surface area contributed by atoms with Crippen molar-refractivity contribution in [2.45, 2.75) is 26.4 Å². The summed E-state index contributed by atoms with van der Waals surface area (Å²) in [5.74, 6) is 2.47. The molecule has 0 unspecified atom stereocenters. The van der Waals surface area contributed by atoms with Crippen LogP contribution in [0.25, 0.3) is 43.7 Å². The van der Waals surface area contributed by atoms with Gasteiger partial charge in [0.2, 0.25) is 0 Å². The first-order valence-electron chi connectivity index (χ1n) is 10.6. The van der Waals surface area contributed by atoms with Gasteiger partial charge in [-0.2, -0.15) is 0 Å². The lowest BCUT2D eigenvalue weighted by Crippen LogP contribution is -2.06. The number of rotatable bonds is 5. The third-order valence-corrected chi connectivity index (χ3v) is 6.54. The molecule has 0 spiro atoms. The summed E-state index contributed by atoms with van der Waals surface area (Å²) in [5, 5.41) is 6.80. The van der Waals surface area contributed by atoms with E-state index in [-0.39, 0.29) is 6.04 Å². The standard InChI is InChI=1S/C24H21N7S/c1-14(2)31-23(16-12-32-19-10-6-3-7-15(16)19)30-21-22(26-13-27-24(21)31)25-11-20-28-17-8-4-5-9-18(17)29-20/h3-10,12-14H,11H2,1-2H3,(H,28,29)(H,25,26,27). The van der Waals surface area contributed by atoms with Crippen LogP contribution >= 0.6 is 11.3 Å². The van der Waals surface area contributed by atoms with Gasteiger partial charge in [-0.05, 0) is 32.0 Å². The van der Waals surface area contributed by atoms with Crippen LogP contribution in [0.2, 0.25) is 0 Å². The zero-order valence-corrected chi connectivity index (χ0v) is 18.5. The Morgan fingerprint density at radius 1 is 1.03 bits per heavy atom. The van der Waals surface area contributed by atoms with Crippen LogP contribution < -0.4 is 5.32 Å². The summed E-state index contributed by atoms with van der Waals surface area (Å²) in [6.45, 7) is 4.83. The molecule has 0 bridgehead atoms. The Labute approximate surface area is 188 Å². The second-order valence-corrected chi connectivity index (χ2v) is 8.90. The molecule has 32 heavy (non-hydrogen) atoms. The first-order valence-corrected chi connectivity index (χ1v) is 11.4. The maximum absolute atomic E-state index is 5.03. The third-order valence-electron chi connectivity index (χ3n) is 5.58. The van der Waals surface area contributed by atoms with E-state index in [4.69, 9.17) is 4.98 Å². The molecule has 6 rings (SSSR count). The smallest absolute Gasteiger partial charge is 0.166 e. The van der Waals surface area contributed by atoms with Crippen LogP contribution in [0, 0.1) is 0 Å². The molecule has 2 N–H and O–H groups in total.